The van der Waals surface area contributed by atoms with Gasteiger partial charge in [-0.05, 0) is 99.7 Å². The summed E-state index contributed by atoms with van der Waals surface area (Å²) in [5.74, 6) is 4.59. The lowest BCUT2D eigenvalue weighted by Crippen LogP contribution is -2.51. The lowest BCUT2D eigenvalue weighted by atomic mass is 9.49. The quantitative estimate of drug-likeness (QED) is 0.804. The predicted molar refractivity (Wildman–Crippen MR) is 109 cm³/mol. The van der Waals surface area contributed by atoms with Crippen LogP contribution in [-0.4, -0.2) is 26.5 Å². The van der Waals surface area contributed by atoms with E-state index < -0.39 is 5.60 Å². The number of carbonyl (C=O) groups is 1. The number of carbonyl (C=O) groups excluding carboxylic acids is 1. The van der Waals surface area contributed by atoms with E-state index in [0.29, 0.717) is 12.2 Å². The average molecular weight is 385 g/mol. The summed E-state index contributed by atoms with van der Waals surface area (Å²) < 4.78 is 0. The van der Waals surface area contributed by atoms with Crippen LogP contribution in [-0.2, 0) is 11.2 Å². The molecular weight excluding hydrogens is 348 g/mol. The number of hydrogen-bond donors (Lipinski definition) is 2. The van der Waals surface area contributed by atoms with Gasteiger partial charge in [-0.25, -0.2) is 4.98 Å². The molecule has 0 amide bonds. The van der Waals surface area contributed by atoms with Gasteiger partial charge < -0.3 is 10.1 Å². The van der Waals surface area contributed by atoms with Crippen molar-refractivity contribution in [2.24, 2.45) is 40.9 Å². The number of aromatic amines is 1. The zero-order valence-corrected chi connectivity index (χ0v) is 17.5. The molecule has 0 spiro atoms. The first-order valence-corrected chi connectivity index (χ1v) is 11.6. The molecule has 0 radical (unpaired) electrons. The number of ketones is 1. The molecular formula is C24H36N2O2. The molecule has 0 bridgehead atoms. The van der Waals surface area contributed by atoms with Crippen LogP contribution in [0.15, 0.2) is 12.5 Å². The second kappa shape index (κ2) is 6.68. The first-order valence-electron chi connectivity index (χ1n) is 11.6. The highest BCUT2D eigenvalue weighted by molar-refractivity contribution is 5.84. The number of aliphatic hydroxyl groups is 1. The van der Waals surface area contributed by atoms with E-state index in [4.69, 9.17) is 0 Å². The van der Waals surface area contributed by atoms with Crippen LogP contribution in [0.2, 0.25) is 0 Å². The van der Waals surface area contributed by atoms with Crippen LogP contribution in [0.3, 0.4) is 0 Å². The van der Waals surface area contributed by atoms with Crippen LogP contribution < -0.4 is 0 Å². The standard InChI is InChI=1S/C24H36N2O2/c1-23(28)9-7-17-15(12-23)3-4-19-18(17)8-10-24(2)20(19)5-6-21(24)22(27)11-16-13-25-14-26-16/h13-15,17-21,28H,3-12H2,1-2H3,(H,25,26)/t15-,17-,18+,19+,20-,21+,23+,24-/m0/s1. The molecule has 4 nitrogen and oxygen atoms in total. The molecule has 0 aromatic carbocycles. The molecule has 4 aliphatic rings. The molecule has 0 aliphatic heterocycles. The van der Waals surface area contributed by atoms with E-state index in [-0.39, 0.29) is 11.3 Å². The molecule has 154 valence electrons. The Morgan fingerprint density at radius 1 is 1.11 bits per heavy atom. The molecule has 2 N–H and O–H groups in total. The number of H-pyrrole nitrogens is 1. The van der Waals surface area contributed by atoms with E-state index in [2.05, 4.69) is 16.9 Å². The summed E-state index contributed by atoms with van der Waals surface area (Å²) in [6.45, 7) is 4.48. The summed E-state index contributed by atoms with van der Waals surface area (Å²) >= 11 is 0. The van der Waals surface area contributed by atoms with E-state index in [9.17, 15) is 9.90 Å². The molecule has 4 heteroatoms. The van der Waals surface area contributed by atoms with Crippen LogP contribution in [0, 0.1) is 40.9 Å². The maximum atomic E-state index is 13.2. The van der Waals surface area contributed by atoms with Crippen molar-refractivity contribution < 1.29 is 9.90 Å². The summed E-state index contributed by atoms with van der Waals surface area (Å²) in [5, 5.41) is 10.6. The number of aromatic nitrogens is 2. The second-order valence-electron chi connectivity index (χ2n) is 11.1. The van der Waals surface area contributed by atoms with Gasteiger partial charge in [-0.3, -0.25) is 4.79 Å². The second-order valence-corrected chi connectivity index (χ2v) is 11.1. The molecule has 5 rings (SSSR count). The Bertz CT molecular complexity index is 727. The molecule has 1 aromatic rings. The molecule has 1 aromatic heterocycles. The van der Waals surface area contributed by atoms with Crippen molar-refractivity contribution in [3.8, 4) is 0 Å². The molecule has 4 fully saturated rings. The topological polar surface area (TPSA) is 66.0 Å². The van der Waals surface area contributed by atoms with E-state index in [1.165, 1.54) is 38.5 Å². The van der Waals surface area contributed by atoms with Crippen LogP contribution in [0.25, 0.3) is 0 Å². The minimum atomic E-state index is -0.436. The van der Waals surface area contributed by atoms with E-state index in [1.54, 1.807) is 12.5 Å². The zero-order valence-electron chi connectivity index (χ0n) is 17.5. The minimum Gasteiger partial charge on any atom is -0.390 e. The number of nitrogens with one attached hydrogen (secondary N) is 1. The normalized spacial score (nSPS) is 47.8. The molecule has 28 heavy (non-hydrogen) atoms. The van der Waals surface area contributed by atoms with Gasteiger partial charge in [-0.15, -0.1) is 0 Å². The first kappa shape index (κ1) is 18.8. The number of fused-ring (bicyclic) bond motifs is 5. The Morgan fingerprint density at radius 2 is 1.93 bits per heavy atom. The summed E-state index contributed by atoms with van der Waals surface area (Å²) in [5.41, 5.74) is 0.723. The lowest BCUT2D eigenvalue weighted by Gasteiger charge is -2.56. The van der Waals surface area contributed by atoms with Gasteiger partial charge in [0.1, 0.15) is 5.78 Å². The van der Waals surface area contributed by atoms with E-state index in [1.807, 2.05) is 6.92 Å². The fourth-order valence-electron chi connectivity index (χ4n) is 8.30. The molecule has 1 heterocycles. The van der Waals surface area contributed by atoms with Gasteiger partial charge in [0.2, 0.25) is 0 Å². The average Bonchev–Trinajstić information content (AvgIpc) is 3.27. The highest BCUT2D eigenvalue weighted by Gasteiger charge is 2.58. The van der Waals surface area contributed by atoms with Crippen molar-refractivity contribution in [3.63, 3.8) is 0 Å². The number of hydrogen-bond acceptors (Lipinski definition) is 3. The van der Waals surface area contributed by atoms with Crippen molar-refractivity contribution in [1.29, 1.82) is 0 Å². The van der Waals surface area contributed by atoms with Crippen molar-refractivity contribution >= 4 is 5.78 Å². The van der Waals surface area contributed by atoms with Gasteiger partial charge in [0, 0.05) is 24.2 Å². The maximum absolute atomic E-state index is 13.2. The summed E-state index contributed by atoms with van der Waals surface area (Å²) in [4.78, 5) is 20.3. The van der Waals surface area contributed by atoms with Crippen molar-refractivity contribution in [1.82, 2.24) is 9.97 Å². The number of rotatable bonds is 3. The molecule has 0 unspecified atom stereocenters. The van der Waals surface area contributed by atoms with Gasteiger partial charge in [0.05, 0.1) is 11.9 Å². The fraction of sp³-hybridized carbons (Fsp3) is 0.833. The third-order valence-corrected chi connectivity index (χ3v) is 9.55. The summed E-state index contributed by atoms with van der Waals surface area (Å²) in [6.07, 6.45) is 14.6. The van der Waals surface area contributed by atoms with Crippen LogP contribution in [0.4, 0.5) is 0 Å². The number of nitrogens with zero attached hydrogens (tertiary/aromatic N) is 1. The fourth-order valence-corrected chi connectivity index (χ4v) is 8.30. The van der Waals surface area contributed by atoms with Crippen molar-refractivity contribution in [2.75, 3.05) is 0 Å². The highest BCUT2D eigenvalue weighted by Crippen LogP contribution is 2.64. The summed E-state index contributed by atoms with van der Waals surface area (Å²) in [6, 6.07) is 0. The highest BCUT2D eigenvalue weighted by atomic mass is 16.3. The van der Waals surface area contributed by atoms with E-state index >= 15 is 0 Å². The molecule has 4 saturated carbocycles. The van der Waals surface area contributed by atoms with Gasteiger partial charge in [-0.2, -0.15) is 0 Å². The lowest BCUT2D eigenvalue weighted by molar-refractivity contribution is -0.131. The van der Waals surface area contributed by atoms with Gasteiger partial charge in [0.25, 0.3) is 0 Å². The Hall–Kier alpha value is -1.16. The zero-order chi connectivity index (χ0) is 19.5. The largest absolute Gasteiger partial charge is 0.390 e. The molecule has 4 aliphatic carbocycles. The third kappa shape index (κ3) is 2.98. The SMILES string of the molecule is C[C@@]1(O)CC[C@H]2[C@@H](CC[C@@H]3[C@@H]2CC[C@]2(C)[C@@H](C(=O)Cc4cnc[nH]4)CC[C@@H]32)C1. The first-order chi connectivity index (χ1) is 13.4. The van der Waals surface area contributed by atoms with E-state index in [0.717, 1.165) is 54.5 Å². The third-order valence-electron chi connectivity index (χ3n) is 9.55. The van der Waals surface area contributed by atoms with Crippen LogP contribution in [0.1, 0.15) is 77.3 Å². The predicted octanol–water partition coefficient (Wildman–Crippen LogP) is 4.54. The summed E-state index contributed by atoms with van der Waals surface area (Å²) in [7, 11) is 0. The molecule has 8 atom stereocenters. The van der Waals surface area contributed by atoms with Crippen LogP contribution in [0.5, 0.6) is 0 Å². The smallest absolute Gasteiger partial charge is 0.142 e. The monoisotopic (exact) mass is 384 g/mol. The Morgan fingerprint density at radius 3 is 2.71 bits per heavy atom. The Kier molecular flexibility index (Phi) is 4.50. The number of imidazole rings is 1. The molecule has 0 saturated heterocycles. The Labute approximate surface area is 168 Å². The van der Waals surface area contributed by atoms with Gasteiger partial charge in [-0.1, -0.05) is 6.92 Å². The van der Waals surface area contributed by atoms with Gasteiger partial charge in [0.15, 0.2) is 0 Å². The Balaban J connectivity index is 1.32. The van der Waals surface area contributed by atoms with Crippen molar-refractivity contribution in [2.45, 2.75) is 83.7 Å². The van der Waals surface area contributed by atoms with Crippen LogP contribution >= 0.6 is 0 Å². The van der Waals surface area contributed by atoms with Gasteiger partial charge >= 0.3 is 0 Å². The van der Waals surface area contributed by atoms with Crippen molar-refractivity contribution in [3.05, 3.63) is 18.2 Å². The number of Topliss-reactive ketones (excluding diaryl/α,β-unsaturated/α-hetero) is 1. The maximum Gasteiger partial charge on any atom is 0.142 e. The minimum absolute atomic E-state index is 0.200.